The zero-order valence-corrected chi connectivity index (χ0v) is 14.5. The lowest BCUT2D eigenvalue weighted by atomic mass is 10.1. The first kappa shape index (κ1) is 16.8. The van der Waals surface area contributed by atoms with Gasteiger partial charge < -0.3 is 9.47 Å². The summed E-state index contributed by atoms with van der Waals surface area (Å²) in [5.74, 6) is 0.383. The lowest BCUT2D eigenvalue weighted by molar-refractivity contribution is 0.0600. The third kappa shape index (κ3) is 3.26. The maximum absolute atomic E-state index is 12.3. The largest absolute Gasteiger partial charge is 0.494 e. The smallest absolute Gasteiger partial charge is 0.342 e. The maximum atomic E-state index is 12.3. The SMILES string of the molecule is CCOc1ccc(-c2nn(-c3ccccc3)c(C)c2C(=O)OC)cc1. The van der Waals surface area contributed by atoms with Crippen LogP contribution in [0.5, 0.6) is 5.75 Å². The molecule has 3 rings (SSSR count). The van der Waals surface area contributed by atoms with Gasteiger partial charge in [0, 0.05) is 5.56 Å². The molecule has 0 spiro atoms. The van der Waals surface area contributed by atoms with Gasteiger partial charge in [0.15, 0.2) is 0 Å². The first-order valence-electron chi connectivity index (χ1n) is 8.12. The van der Waals surface area contributed by atoms with E-state index < -0.39 is 5.97 Å². The molecule has 0 saturated carbocycles. The van der Waals surface area contributed by atoms with E-state index >= 15 is 0 Å². The van der Waals surface area contributed by atoms with Crippen molar-refractivity contribution in [3.8, 4) is 22.7 Å². The van der Waals surface area contributed by atoms with E-state index in [-0.39, 0.29) is 0 Å². The molecule has 1 heterocycles. The fourth-order valence-electron chi connectivity index (χ4n) is 2.75. The molecule has 0 amide bonds. The monoisotopic (exact) mass is 336 g/mol. The highest BCUT2D eigenvalue weighted by atomic mass is 16.5. The Labute approximate surface area is 146 Å². The Kier molecular flexibility index (Phi) is 4.84. The number of esters is 1. The number of nitrogens with zero attached hydrogens (tertiary/aromatic N) is 2. The van der Waals surface area contributed by atoms with Gasteiger partial charge in [-0.1, -0.05) is 18.2 Å². The number of hydrogen-bond acceptors (Lipinski definition) is 4. The van der Waals surface area contributed by atoms with E-state index in [9.17, 15) is 4.79 Å². The molecule has 0 aliphatic carbocycles. The van der Waals surface area contributed by atoms with E-state index in [1.54, 1.807) is 4.68 Å². The highest BCUT2D eigenvalue weighted by molar-refractivity contribution is 5.97. The normalized spacial score (nSPS) is 10.5. The van der Waals surface area contributed by atoms with Crippen molar-refractivity contribution in [1.82, 2.24) is 9.78 Å². The van der Waals surface area contributed by atoms with Crippen LogP contribution in [0.4, 0.5) is 0 Å². The number of para-hydroxylation sites is 1. The third-order valence-electron chi connectivity index (χ3n) is 3.95. The van der Waals surface area contributed by atoms with Crippen molar-refractivity contribution in [1.29, 1.82) is 0 Å². The molecule has 3 aromatic rings. The lowest BCUT2D eigenvalue weighted by Gasteiger charge is -2.05. The number of ether oxygens (including phenoxy) is 2. The number of carbonyl (C=O) groups is 1. The fraction of sp³-hybridized carbons (Fsp3) is 0.200. The first-order chi connectivity index (χ1) is 12.2. The molecule has 5 heteroatoms. The molecule has 128 valence electrons. The number of benzene rings is 2. The van der Waals surface area contributed by atoms with Crippen LogP contribution >= 0.6 is 0 Å². The van der Waals surface area contributed by atoms with Gasteiger partial charge >= 0.3 is 5.97 Å². The molecule has 5 nitrogen and oxygen atoms in total. The highest BCUT2D eigenvalue weighted by Crippen LogP contribution is 2.29. The van der Waals surface area contributed by atoms with Gasteiger partial charge in [0.1, 0.15) is 17.0 Å². The van der Waals surface area contributed by atoms with Gasteiger partial charge in [-0.15, -0.1) is 0 Å². The number of carbonyl (C=O) groups excluding carboxylic acids is 1. The van der Waals surface area contributed by atoms with Gasteiger partial charge in [-0.2, -0.15) is 5.10 Å². The minimum absolute atomic E-state index is 0.399. The fourth-order valence-corrected chi connectivity index (χ4v) is 2.75. The molecule has 0 fully saturated rings. The van der Waals surface area contributed by atoms with E-state index in [0.29, 0.717) is 17.9 Å². The summed E-state index contributed by atoms with van der Waals surface area (Å²) in [6, 6.07) is 17.2. The molecule has 0 unspecified atom stereocenters. The van der Waals surface area contributed by atoms with Crippen molar-refractivity contribution in [3.63, 3.8) is 0 Å². The van der Waals surface area contributed by atoms with E-state index in [2.05, 4.69) is 5.10 Å². The van der Waals surface area contributed by atoms with Crippen molar-refractivity contribution in [3.05, 3.63) is 65.9 Å². The first-order valence-corrected chi connectivity index (χ1v) is 8.12. The molecule has 0 saturated heterocycles. The topological polar surface area (TPSA) is 53.4 Å². The Morgan fingerprint density at radius 2 is 1.76 bits per heavy atom. The van der Waals surface area contributed by atoms with E-state index in [0.717, 1.165) is 22.7 Å². The Morgan fingerprint density at radius 3 is 2.36 bits per heavy atom. The van der Waals surface area contributed by atoms with Gasteiger partial charge in [0.2, 0.25) is 0 Å². The third-order valence-corrected chi connectivity index (χ3v) is 3.95. The summed E-state index contributed by atoms with van der Waals surface area (Å²) in [6.07, 6.45) is 0. The molecule has 1 aromatic heterocycles. The van der Waals surface area contributed by atoms with Crippen LogP contribution in [-0.4, -0.2) is 29.5 Å². The summed E-state index contributed by atoms with van der Waals surface area (Å²) in [7, 11) is 1.38. The van der Waals surface area contributed by atoms with Gasteiger partial charge in [-0.3, -0.25) is 0 Å². The number of rotatable bonds is 5. The number of hydrogen-bond donors (Lipinski definition) is 0. The summed E-state index contributed by atoms with van der Waals surface area (Å²) in [5, 5.41) is 4.67. The summed E-state index contributed by atoms with van der Waals surface area (Å²) in [4.78, 5) is 12.3. The van der Waals surface area contributed by atoms with Crippen molar-refractivity contribution in [2.45, 2.75) is 13.8 Å². The summed E-state index contributed by atoms with van der Waals surface area (Å²) < 4.78 is 12.2. The summed E-state index contributed by atoms with van der Waals surface area (Å²) in [5.41, 5.74) is 3.53. The van der Waals surface area contributed by atoms with E-state index in [1.165, 1.54) is 7.11 Å². The van der Waals surface area contributed by atoms with Crippen LogP contribution in [0.15, 0.2) is 54.6 Å². The predicted octanol–water partition coefficient (Wildman–Crippen LogP) is 4.03. The Bertz CT molecular complexity index is 868. The molecular weight excluding hydrogens is 316 g/mol. The highest BCUT2D eigenvalue weighted by Gasteiger charge is 2.23. The molecule has 0 aliphatic rings. The van der Waals surface area contributed by atoms with Gasteiger partial charge in [-0.05, 0) is 50.2 Å². The minimum atomic E-state index is -0.399. The maximum Gasteiger partial charge on any atom is 0.342 e. The Hall–Kier alpha value is -3.08. The molecule has 0 aliphatic heterocycles. The average molecular weight is 336 g/mol. The standard InChI is InChI=1S/C20H20N2O3/c1-4-25-17-12-10-15(11-13-17)19-18(20(23)24-3)14(2)22(21-19)16-8-6-5-7-9-16/h5-13H,4H2,1-3H3. The van der Waals surface area contributed by atoms with Crippen molar-refractivity contribution < 1.29 is 14.3 Å². The van der Waals surface area contributed by atoms with Crippen LogP contribution in [0, 0.1) is 6.92 Å². The van der Waals surface area contributed by atoms with Crippen molar-refractivity contribution in [2.75, 3.05) is 13.7 Å². The van der Waals surface area contributed by atoms with Crippen LogP contribution in [-0.2, 0) is 4.74 Å². The summed E-state index contributed by atoms with van der Waals surface area (Å²) >= 11 is 0. The zero-order valence-electron chi connectivity index (χ0n) is 14.5. The van der Waals surface area contributed by atoms with Crippen LogP contribution in [0.2, 0.25) is 0 Å². The van der Waals surface area contributed by atoms with Crippen LogP contribution in [0.25, 0.3) is 16.9 Å². The van der Waals surface area contributed by atoms with Gasteiger partial charge in [-0.25, -0.2) is 9.48 Å². The quantitative estimate of drug-likeness (QED) is 0.660. The minimum Gasteiger partial charge on any atom is -0.494 e. The molecule has 0 N–H and O–H groups in total. The predicted molar refractivity (Wildman–Crippen MR) is 96.2 cm³/mol. The van der Waals surface area contributed by atoms with E-state index in [1.807, 2.05) is 68.4 Å². The molecular formula is C20H20N2O3. The second-order valence-electron chi connectivity index (χ2n) is 5.51. The van der Waals surface area contributed by atoms with Gasteiger partial charge in [0.25, 0.3) is 0 Å². The summed E-state index contributed by atoms with van der Waals surface area (Å²) in [6.45, 7) is 4.41. The van der Waals surface area contributed by atoms with Crippen LogP contribution in [0.3, 0.4) is 0 Å². The van der Waals surface area contributed by atoms with Crippen LogP contribution in [0.1, 0.15) is 23.0 Å². The van der Waals surface area contributed by atoms with Crippen molar-refractivity contribution >= 4 is 5.97 Å². The molecule has 0 bridgehead atoms. The molecule has 0 radical (unpaired) electrons. The lowest BCUT2D eigenvalue weighted by Crippen LogP contribution is -2.05. The van der Waals surface area contributed by atoms with Crippen molar-refractivity contribution in [2.24, 2.45) is 0 Å². The van der Waals surface area contributed by atoms with Crippen LogP contribution < -0.4 is 4.74 Å². The zero-order chi connectivity index (χ0) is 17.8. The average Bonchev–Trinajstić information content (AvgIpc) is 3.00. The number of aromatic nitrogens is 2. The van der Waals surface area contributed by atoms with Gasteiger partial charge in [0.05, 0.1) is 25.1 Å². The number of methoxy groups -OCH3 is 1. The second kappa shape index (κ2) is 7.21. The van der Waals surface area contributed by atoms with E-state index in [4.69, 9.17) is 9.47 Å². The molecule has 0 atom stereocenters. The Balaban J connectivity index is 2.13. The molecule has 2 aromatic carbocycles. The molecule has 25 heavy (non-hydrogen) atoms. The Morgan fingerprint density at radius 1 is 1.08 bits per heavy atom. The second-order valence-corrected chi connectivity index (χ2v) is 5.51.